The fraction of sp³-hybridized carbons (Fsp3) is 0.867. The van der Waals surface area contributed by atoms with Crippen molar-refractivity contribution in [1.29, 1.82) is 0 Å². The first kappa shape index (κ1) is 13.9. The number of carbonyl (C=O) groups excluding carboxylic acids is 2. The number of amides is 2. The quantitative estimate of drug-likeness (QED) is 0.827. The summed E-state index contributed by atoms with van der Waals surface area (Å²) in [4.78, 5) is 26.5. The Hall–Kier alpha value is -1.10. The Morgan fingerprint density at radius 1 is 1.25 bits per heavy atom. The second-order valence-corrected chi connectivity index (χ2v) is 6.96. The van der Waals surface area contributed by atoms with Gasteiger partial charge in [0, 0.05) is 6.54 Å². The number of nitrogens with zero attached hydrogens (tertiary/aromatic N) is 1. The Bertz CT molecular complexity index is 427. The van der Waals surface area contributed by atoms with E-state index in [0.717, 1.165) is 38.5 Å². The summed E-state index contributed by atoms with van der Waals surface area (Å²) in [6, 6.07) is 0. The van der Waals surface area contributed by atoms with Gasteiger partial charge in [0.15, 0.2) is 0 Å². The average molecular weight is 280 g/mol. The molecule has 1 unspecified atom stereocenters. The van der Waals surface area contributed by atoms with Crippen LogP contribution >= 0.6 is 0 Å². The number of nitrogens with one attached hydrogen (secondary N) is 1. The first-order valence-electron chi connectivity index (χ1n) is 7.70. The highest BCUT2D eigenvalue weighted by molar-refractivity contribution is 5.98. The number of ether oxygens (including phenoxy) is 1. The average Bonchev–Trinajstić information content (AvgIpc) is 2.98. The van der Waals surface area contributed by atoms with E-state index < -0.39 is 5.54 Å². The lowest BCUT2D eigenvalue weighted by atomic mass is 9.90. The number of rotatable bonds is 2. The topological polar surface area (TPSA) is 58.6 Å². The molecule has 5 heteroatoms. The van der Waals surface area contributed by atoms with Gasteiger partial charge in [0.1, 0.15) is 5.54 Å². The van der Waals surface area contributed by atoms with Crippen molar-refractivity contribution in [3.8, 4) is 0 Å². The van der Waals surface area contributed by atoms with Crippen molar-refractivity contribution in [2.24, 2.45) is 0 Å². The molecule has 0 bridgehead atoms. The van der Waals surface area contributed by atoms with Gasteiger partial charge in [-0.25, -0.2) is 0 Å². The van der Waals surface area contributed by atoms with Gasteiger partial charge in [0.25, 0.3) is 0 Å². The standard InChI is InChI=1S/C15H24N2O3/c1-14(2)8-5-11(20-14)10-17-12(18)9-16-13(19)15(17)6-3-4-7-15/h11H,3-10H2,1-2H3,(H,16,19). The van der Waals surface area contributed by atoms with Crippen LogP contribution in [0.5, 0.6) is 0 Å². The van der Waals surface area contributed by atoms with Crippen LogP contribution in [0.1, 0.15) is 52.4 Å². The molecule has 2 amide bonds. The predicted molar refractivity (Wildman–Crippen MR) is 74.1 cm³/mol. The summed E-state index contributed by atoms with van der Waals surface area (Å²) in [5, 5.41) is 2.76. The van der Waals surface area contributed by atoms with Crippen LogP contribution in [0.2, 0.25) is 0 Å². The van der Waals surface area contributed by atoms with E-state index in [0.29, 0.717) is 6.54 Å². The molecule has 1 atom stereocenters. The van der Waals surface area contributed by atoms with Crippen molar-refractivity contribution < 1.29 is 14.3 Å². The molecule has 0 aromatic rings. The van der Waals surface area contributed by atoms with Gasteiger partial charge in [-0.3, -0.25) is 9.59 Å². The van der Waals surface area contributed by atoms with Crippen LogP contribution in [0.4, 0.5) is 0 Å². The summed E-state index contributed by atoms with van der Waals surface area (Å²) in [6.07, 6.45) is 5.68. The molecule has 0 radical (unpaired) electrons. The third-order valence-corrected chi connectivity index (χ3v) is 5.01. The molecular weight excluding hydrogens is 256 g/mol. The fourth-order valence-electron chi connectivity index (χ4n) is 3.92. The molecule has 3 aliphatic rings. The molecular formula is C15H24N2O3. The summed E-state index contributed by atoms with van der Waals surface area (Å²) in [7, 11) is 0. The van der Waals surface area contributed by atoms with Gasteiger partial charge < -0.3 is 15.0 Å². The van der Waals surface area contributed by atoms with E-state index in [4.69, 9.17) is 4.74 Å². The second kappa shape index (κ2) is 4.72. The molecule has 5 nitrogen and oxygen atoms in total. The molecule has 1 aliphatic carbocycles. The van der Waals surface area contributed by atoms with E-state index in [1.807, 2.05) is 4.90 Å². The zero-order valence-electron chi connectivity index (χ0n) is 12.4. The van der Waals surface area contributed by atoms with Crippen molar-refractivity contribution in [1.82, 2.24) is 10.2 Å². The summed E-state index contributed by atoms with van der Waals surface area (Å²) in [6.45, 7) is 4.87. The van der Waals surface area contributed by atoms with Crippen molar-refractivity contribution >= 4 is 11.8 Å². The molecule has 1 N–H and O–H groups in total. The van der Waals surface area contributed by atoms with Gasteiger partial charge in [-0.15, -0.1) is 0 Å². The Kier molecular flexibility index (Phi) is 3.27. The predicted octanol–water partition coefficient (Wildman–Crippen LogP) is 1.22. The molecule has 3 rings (SSSR count). The van der Waals surface area contributed by atoms with Crippen molar-refractivity contribution in [3.05, 3.63) is 0 Å². The second-order valence-electron chi connectivity index (χ2n) is 6.96. The highest BCUT2D eigenvalue weighted by Gasteiger charge is 2.51. The van der Waals surface area contributed by atoms with Crippen LogP contribution in [-0.2, 0) is 14.3 Å². The largest absolute Gasteiger partial charge is 0.371 e. The molecule has 20 heavy (non-hydrogen) atoms. The minimum absolute atomic E-state index is 0.0341. The van der Waals surface area contributed by atoms with Gasteiger partial charge in [-0.05, 0) is 39.5 Å². The minimum atomic E-state index is -0.592. The van der Waals surface area contributed by atoms with E-state index in [-0.39, 0.29) is 30.1 Å². The number of carbonyl (C=O) groups is 2. The smallest absolute Gasteiger partial charge is 0.246 e. The molecule has 1 saturated carbocycles. The van der Waals surface area contributed by atoms with Crippen LogP contribution in [0, 0.1) is 0 Å². The van der Waals surface area contributed by atoms with E-state index in [2.05, 4.69) is 19.2 Å². The van der Waals surface area contributed by atoms with Crippen molar-refractivity contribution in [3.63, 3.8) is 0 Å². The van der Waals surface area contributed by atoms with Gasteiger partial charge >= 0.3 is 0 Å². The Balaban J connectivity index is 1.78. The molecule has 112 valence electrons. The number of hydrogen-bond acceptors (Lipinski definition) is 3. The van der Waals surface area contributed by atoms with E-state index in [1.165, 1.54) is 0 Å². The Morgan fingerprint density at radius 3 is 2.55 bits per heavy atom. The molecule has 2 saturated heterocycles. The summed E-state index contributed by atoms with van der Waals surface area (Å²) in [5.74, 6) is 0.0756. The first-order chi connectivity index (χ1) is 9.43. The maximum Gasteiger partial charge on any atom is 0.246 e. The third-order valence-electron chi connectivity index (χ3n) is 5.01. The zero-order valence-corrected chi connectivity index (χ0v) is 12.4. The molecule has 2 aliphatic heterocycles. The molecule has 0 aromatic carbocycles. The van der Waals surface area contributed by atoms with Gasteiger partial charge in [0.2, 0.25) is 11.8 Å². The van der Waals surface area contributed by atoms with Gasteiger partial charge in [-0.2, -0.15) is 0 Å². The van der Waals surface area contributed by atoms with Crippen molar-refractivity contribution in [2.75, 3.05) is 13.1 Å². The van der Waals surface area contributed by atoms with Crippen LogP contribution in [0.15, 0.2) is 0 Å². The molecule has 3 fully saturated rings. The van der Waals surface area contributed by atoms with Crippen LogP contribution < -0.4 is 5.32 Å². The first-order valence-corrected chi connectivity index (χ1v) is 7.70. The lowest BCUT2D eigenvalue weighted by molar-refractivity contribution is -0.156. The molecule has 2 heterocycles. The maximum absolute atomic E-state index is 12.3. The third kappa shape index (κ3) is 2.22. The summed E-state index contributed by atoms with van der Waals surface area (Å²) >= 11 is 0. The highest BCUT2D eigenvalue weighted by Crippen LogP contribution is 2.39. The highest BCUT2D eigenvalue weighted by atomic mass is 16.5. The van der Waals surface area contributed by atoms with Crippen LogP contribution in [-0.4, -0.2) is 47.0 Å². The van der Waals surface area contributed by atoms with E-state index in [1.54, 1.807) is 0 Å². The monoisotopic (exact) mass is 280 g/mol. The van der Waals surface area contributed by atoms with E-state index in [9.17, 15) is 9.59 Å². The summed E-state index contributed by atoms with van der Waals surface area (Å²) < 4.78 is 6.01. The lowest BCUT2D eigenvalue weighted by Gasteiger charge is -2.44. The zero-order chi connectivity index (χ0) is 14.4. The molecule has 0 aromatic heterocycles. The minimum Gasteiger partial charge on any atom is -0.371 e. The Labute approximate surface area is 120 Å². The maximum atomic E-state index is 12.3. The number of hydrogen-bond donors (Lipinski definition) is 1. The Morgan fingerprint density at radius 2 is 1.95 bits per heavy atom. The van der Waals surface area contributed by atoms with Crippen LogP contribution in [0.25, 0.3) is 0 Å². The van der Waals surface area contributed by atoms with Crippen molar-refractivity contribution in [2.45, 2.75) is 69.6 Å². The summed E-state index contributed by atoms with van der Waals surface area (Å²) in [5.41, 5.74) is -0.694. The van der Waals surface area contributed by atoms with E-state index >= 15 is 0 Å². The SMILES string of the molecule is CC1(C)CCC(CN2C(=O)CNC(=O)C23CCCC3)O1. The van der Waals surface area contributed by atoms with Crippen LogP contribution in [0.3, 0.4) is 0 Å². The van der Waals surface area contributed by atoms with Gasteiger partial charge in [0.05, 0.1) is 18.2 Å². The van der Waals surface area contributed by atoms with Gasteiger partial charge in [-0.1, -0.05) is 12.8 Å². The normalized spacial score (nSPS) is 31.9. The lowest BCUT2D eigenvalue weighted by Crippen LogP contribution is -2.67. The molecule has 1 spiro atoms. The number of piperazine rings is 1. The fourth-order valence-corrected chi connectivity index (χ4v) is 3.92.